The summed E-state index contributed by atoms with van der Waals surface area (Å²) in [6.45, 7) is 23.6. The zero-order valence-electron chi connectivity index (χ0n) is 34.2. The number of rotatable bonds is 7. The summed E-state index contributed by atoms with van der Waals surface area (Å²) >= 11 is 1.69. The predicted molar refractivity (Wildman–Crippen MR) is 217 cm³/mol. The highest BCUT2D eigenvalue weighted by atomic mass is 32.1. The van der Waals surface area contributed by atoms with Crippen molar-refractivity contribution in [2.45, 2.75) is 106 Å². The molecule has 12 nitrogen and oxygen atoms in total. The Morgan fingerprint density at radius 1 is 0.839 bits per heavy atom. The molecule has 0 radical (unpaired) electrons. The first-order chi connectivity index (χ1) is 25.7. The molecule has 300 valence electrons. The minimum atomic E-state index is -1.04. The van der Waals surface area contributed by atoms with Crippen molar-refractivity contribution in [1.82, 2.24) is 15.2 Å². The predicted octanol–water partition coefficient (Wildman–Crippen LogP) is 9.87. The van der Waals surface area contributed by atoms with E-state index in [2.05, 4.69) is 73.6 Å². The Kier molecular flexibility index (Phi) is 13.0. The number of carbonyl (C=O) groups is 4. The van der Waals surface area contributed by atoms with Crippen LogP contribution in [-0.2, 0) is 21.4 Å². The molecule has 4 rings (SSSR count). The van der Waals surface area contributed by atoms with Gasteiger partial charge in [-0.2, -0.15) is 0 Å². The number of anilines is 1. The topological polar surface area (TPSA) is 149 Å². The number of ether oxygens (including phenoxy) is 3. The fourth-order valence-electron chi connectivity index (χ4n) is 5.19. The zero-order valence-corrected chi connectivity index (χ0v) is 35.0. The number of nitrogens with zero attached hydrogens (tertiary/aromatic N) is 3. The van der Waals surface area contributed by atoms with Gasteiger partial charge in [0.2, 0.25) is 5.96 Å². The highest BCUT2D eigenvalue weighted by Gasteiger charge is 2.26. The minimum absolute atomic E-state index is 0.0163. The van der Waals surface area contributed by atoms with E-state index in [9.17, 15) is 19.2 Å². The fraction of sp³-hybridized carbons (Fsp3) is 0.429. The number of guanidine groups is 1. The van der Waals surface area contributed by atoms with Gasteiger partial charge < -0.3 is 24.4 Å². The van der Waals surface area contributed by atoms with Gasteiger partial charge in [-0.15, -0.1) is 16.3 Å². The molecule has 0 aliphatic heterocycles. The van der Waals surface area contributed by atoms with Gasteiger partial charge in [0.25, 0.3) is 5.91 Å². The van der Waals surface area contributed by atoms with Crippen molar-refractivity contribution in [1.29, 1.82) is 0 Å². The summed E-state index contributed by atoms with van der Waals surface area (Å²) in [7, 11) is 0. The molecule has 0 spiro atoms. The third-order valence-corrected chi connectivity index (χ3v) is 8.89. The van der Waals surface area contributed by atoms with Crippen molar-refractivity contribution in [3.63, 3.8) is 0 Å². The van der Waals surface area contributed by atoms with Gasteiger partial charge in [-0.25, -0.2) is 23.8 Å². The number of amides is 3. The van der Waals surface area contributed by atoms with Gasteiger partial charge in [-0.3, -0.25) is 10.1 Å². The lowest BCUT2D eigenvalue weighted by atomic mass is 9.94. The van der Waals surface area contributed by atoms with Crippen molar-refractivity contribution >= 4 is 57.9 Å². The van der Waals surface area contributed by atoms with Gasteiger partial charge in [0.05, 0.1) is 16.8 Å². The molecule has 2 heterocycles. The SMILES string of the molecule is CC(C)(C)CN(Cc1csc(C(C)(C)C)c1)C(=O)c1ccc2cc(OC(=O)c3ccc(N/C(=N\C(=O)OC(C)(C)C)NC(=O)OC(C)(C)C)c(F)c3)ccc2n1. The second-order valence-electron chi connectivity index (χ2n) is 17.6. The zero-order chi connectivity index (χ0) is 41.8. The largest absolute Gasteiger partial charge is 0.444 e. The maximum absolute atomic E-state index is 15.3. The van der Waals surface area contributed by atoms with E-state index in [1.807, 2.05) is 4.90 Å². The smallest absolute Gasteiger partial charge is 0.437 e. The summed E-state index contributed by atoms with van der Waals surface area (Å²) in [5.41, 5.74) is -0.317. The molecule has 4 aromatic rings. The van der Waals surface area contributed by atoms with Crippen molar-refractivity contribution in [3.05, 3.63) is 87.5 Å². The first-order valence-corrected chi connectivity index (χ1v) is 19.0. The van der Waals surface area contributed by atoms with Gasteiger partial charge >= 0.3 is 18.2 Å². The number of halogens is 1. The molecule has 0 bridgehead atoms. The fourth-order valence-corrected chi connectivity index (χ4v) is 6.19. The number of alkyl carbamates (subject to hydrolysis) is 1. The number of aliphatic imine (C=N–C) groups is 1. The Balaban J connectivity index is 1.49. The van der Waals surface area contributed by atoms with Gasteiger partial charge in [-0.1, -0.05) is 47.6 Å². The Labute approximate surface area is 331 Å². The third-order valence-electron chi connectivity index (χ3n) is 7.48. The third kappa shape index (κ3) is 13.1. The second kappa shape index (κ2) is 16.8. The summed E-state index contributed by atoms with van der Waals surface area (Å²) in [5.74, 6) is -2.22. The Morgan fingerprint density at radius 3 is 2.11 bits per heavy atom. The number of carbonyl (C=O) groups excluding carboxylic acids is 4. The number of benzene rings is 2. The van der Waals surface area contributed by atoms with Crippen LogP contribution in [0.25, 0.3) is 10.9 Å². The number of hydrogen-bond donors (Lipinski definition) is 2. The normalized spacial score (nSPS) is 12.6. The molecule has 2 N–H and O–H groups in total. The molecule has 0 fully saturated rings. The average Bonchev–Trinajstić information content (AvgIpc) is 3.51. The highest BCUT2D eigenvalue weighted by molar-refractivity contribution is 7.10. The molecule has 0 aliphatic carbocycles. The van der Waals surface area contributed by atoms with Crippen LogP contribution in [0.15, 0.2) is 65.0 Å². The first kappa shape index (κ1) is 43.4. The lowest BCUT2D eigenvalue weighted by molar-refractivity contribution is 0.0561. The van der Waals surface area contributed by atoms with Crippen molar-refractivity contribution in [2.75, 3.05) is 11.9 Å². The molecule has 0 atom stereocenters. The van der Waals surface area contributed by atoms with Crippen LogP contribution in [-0.4, -0.2) is 57.7 Å². The monoisotopic (exact) mass is 789 g/mol. The standard InChI is InChI=1S/C42H52FN5O7S/c1-39(2,3)24-48(22-25-19-33(56-23-25)40(4,5)6)34(49)32-17-13-26-20-28(15-18-30(26)44-32)53-35(50)27-14-16-31(29(43)21-27)45-36(46-37(51)54-41(7,8)9)47-38(52)55-42(10,11)12/h13-21,23H,22,24H2,1-12H3,(H2,45,46,47,51,52). The van der Waals surface area contributed by atoms with Crippen LogP contribution in [0.4, 0.5) is 19.7 Å². The van der Waals surface area contributed by atoms with Crippen LogP contribution < -0.4 is 15.4 Å². The van der Waals surface area contributed by atoms with Crippen molar-refractivity contribution < 1.29 is 37.8 Å². The number of fused-ring (bicyclic) bond motifs is 1. The molecule has 0 aliphatic rings. The molecule has 0 saturated heterocycles. The van der Waals surface area contributed by atoms with E-state index in [4.69, 9.17) is 14.2 Å². The van der Waals surface area contributed by atoms with Crippen LogP contribution in [0, 0.1) is 11.2 Å². The molecular weight excluding hydrogens is 738 g/mol. The Bertz CT molecular complexity index is 2140. The van der Waals surface area contributed by atoms with E-state index in [1.54, 1.807) is 83.2 Å². The average molecular weight is 790 g/mol. The molecule has 2 aromatic carbocycles. The molecule has 0 saturated carbocycles. The van der Waals surface area contributed by atoms with Gasteiger partial charge in [-0.05, 0) is 112 Å². The van der Waals surface area contributed by atoms with Crippen LogP contribution >= 0.6 is 11.3 Å². The van der Waals surface area contributed by atoms with Crippen LogP contribution in [0.1, 0.15) is 114 Å². The molecule has 56 heavy (non-hydrogen) atoms. The molecule has 3 amide bonds. The Morgan fingerprint density at radius 2 is 1.52 bits per heavy atom. The number of pyridine rings is 1. The van der Waals surface area contributed by atoms with Gasteiger partial charge in [0, 0.05) is 23.4 Å². The van der Waals surface area contributed by atoms with E-state index in [0.717, 1.165) is 11.6 Å². The number of thiophene rings is 1. The molecule has 0 unspecified atom stereocenters. The van der Waals surface area contributed by atoms with E-state index in [-0.39, 0.29) is 33.7 Å². The van der Waals surface area contributed by atoms with Crippen LogP contribution in [0.3, 0.4) is 0 Å². The lowest BCUT2D eigenvalue weighted by Gasteiger charge is -2.30. The molecular formula is C42H52FN5O7S. The number of nitrogens with one attached hydrogen (secondary N) is 2. The number of aromatic nitrogens is 1. The minimum Gasteiger partial charge on any atom is -0.444 e. The number of esters is 1. The van der Waals surface area contributed by atoms with E-state index >= 15 is 4.39 Å². The summed E-state index contributed by atoms with van der Waals surface area (Å²) in [4.78, 5) is 63.2. The van der Waals surface area contributed by atoms with Crippen molar-refractivity contribution in [3.8, 4) is 5.75 Å². The highest BCUT2D eigenvalue weighted by Crippen LogP contribution is 2.30. The quantitative estimate of drug-likeness (QED) is 0.0808. The van der Waals surface area contributed by atoms with Gasteiger partial charge in [0.15, 0.2) is 0 Å². The van der Waals surface area contributed by atoms with E-state index < -0.39 is 41.1 Å². The molecule has 14 heteroatoms. The Hall–Kier alpha value is -5.37. The van der Waals surface area contributed by atoms with Gasteiger partial charge in [0.1, 0.15) is 28.5 Å². The summed E-state index contributed by atoms with van der Waals surface area (Å²) in [6.07, 6.45) is -2.00. The van der Waals surface area contributed by atoms with Crippen molar-refractivity contribution in [2.24, 2.45) is 10.4 Å². The van der Waals surface area contributed by atoms with E-state index in [0.29, 0.717) is 29.7 Å². The lowest BCUT2D eigenvalue weighted by Crippen LogP contribution is -2.40. The second-order valence-corrected chi connectivity index (χ2v) is 18.5. The number of hydrogen-bond acceptors (Lipinski definition) is 9. The maximum atomic E-state index is 15.3. The first-order valence-electron chi connectivity index (χ1n) is 18.1. The van der Waals surface area contributed by atoms with Crippen LogP contribution in [0.5, 0.6) is 5.75 Å². The van der Waals surface area contributed by atoms with E-state index in [1.165, 1.54) is 17.0 Å². The summed E-state index contributed by atoms with van der Waals surface area (Å²) < 4.78 is 31.3. The summed E-state index contributed by atoms with van der Waals surface area (Å²) in [6, 6.07) is 13.8. The maximum Gasteiger partial charge on any atom is 0.437 e. The van der Waals surface area contributed by atoms with Crippen LogP contribution in [0.2, 0.25) is 0 Å². The summed E-state index contributed by atoms with van der Waals surface area (Å²) in [5, 5.41) is 7.55. The molecule has 2 aromatic heterocycles.